The number of ether oxygens (including phenoxy) is 1. The van der Waals surface area contributed by atoms with Crippen molar-refractivity contribution in [3.63, 3.8) is 0 Å². The van der Waals surface area contributed by atoms with E-state index < -0.39 is 0 Å². The Labute approximate surface area is 138 Å². The predicted octanol–water partition coefficient (Wildman–Crippen LogP) is 3.04. The number of piperidine rings is 1. The van der Waals surface area contributed by atoms with Crippen molar-refractivity contribution in [3.05, 3.63) is 48.3 Å². The lowest BCUT2D eigenvalue weighted by atomic mass is 10.1. The molecule has 1 fully saturated rings. The molecule has 0 amide bonds. The second kappa shape index (κ2) is 7.70. The van der Waals surface area contributed by atoms with Crippen molar-refractivity contribution in [1.82, 2.24) is 19.4 Å². The molecule has 1 aliphatic rings. The third-order valence-corrected chi connectivity index (χ3v) is 4.43. The lowest BCUT2D eigenvalue weighted by Crippen LogP contribution is -2.37. The van der Waals surface area contributed by atoms with Crippen LogP contribution in [0.25, 0.3) is 0 Å². The highest BCUT2D eigenvalue weighted by Gasteiger charge is 2.21. The summed E-state index contributed by atoms with van der Waals surface area (Å²) >= 11 is 0. The van der Waals surface area contributed by atoms with E-state index in [0.717, 1.165) is 38.0 Å². The van der Waals surface area contributed by atoms with Crippen LogP contribution in [-0.4, -0.2) is 38.6 Å². The summed E-state index contributed by atoms with van der Waals surface area (Å²) in [6.45, 7) is 8.21. The van der Waals surface area contributed by atoms with Gasteiger partial charge in [0.15, 0.2) is 0 Å². The van der Waals surface area contributed by atoms with E-state index in [1.807, 2.05) is 24.8 Å². The van der Waals surface area contributed by atoms with Crippen LogP contribution in [0.1, 0.15) is 44.0 Å². The molecule has 0 aliphatic carbocycles. The zero-order valence-electron chi connectivity index (χ0n) is 14.1. The van der Waals surface area contributed by atoms with Crippen molar-refractivity contribution >= 4 is 0 Å². The van der Waals surface area contributed by atoms with E-state index in [4.69, 9.17) is 4.74 Å². The molecule has 0 bridgehead atoms. The SMILES string of the molecule is CC(C)n1cncc1CN1CCC(OCc2cccnc2)CC1. The van der Waals surface area contributed by atoms with Gasteiger partial charge in [-0.2, -0.15) is 0 Å². The first-order valence-electron chi connectivity index (χ1n) is 8.46. The van der Waals surface area contributed by atoms with Gasteiger partial charge in [-0.3, -0.25) is 9.88 Å². The Hall–Kier alpha value is -1.72. The standard InChI is InChI=1S/C18H26N4O/c1-15(2)22-14-20-11-17(22)12-21-8-5-18(6-9-21)23-13-16-4-3-7-19-10-16/h3-4,7,10-11,14-15,18H,5-6,8-9,12-13H2,1-2H3. The van der Waals surface area contributed by atoms with Crippen molar-refractivity contribution in [2.45, 2.75) is 52.0 Å². The molecular weight excluding hydrogens is 288 g/mol. The van der Waals surface area contributed by atoms with Crippen molar-refractivity contribution < 1.29 is 4.74 Å². The van der Waals surface area contributed by atoms with Gasteiger partial charge in [0.25, 0.3) is 0 Å². The summed E-state index contributed by atoms with van der Waals surface area (Å²) in [5, 5.41) is 0. The van der Waals surface area contributed by atoms with Gasteiger partial charge in [-0.05, 0) is 38.3 Å². The molecular formula is C18H26N4O. The Balaban J connectivity index is 1.44. The number of aromatic nitrogens is 3. The number of imidazole rings is 1. The molecule has 0 atom stereocenters. The Morgan fingerprint density at radius 2 is 2.04 bits per heavy atom. The second-order valence-electron chi connectivity index (χ2n) is 6.53. The highest BCUT2D eigenvalue weighted by atomic mass is 16.5. The maximum Gasteiger partial charge on any atom is 0.0951 e. The third kappa shape index (κ3) is 4.39. The van der Waals surface area contributed by atoms with Crippen molar-refractivity contribution in [2.24, 2.45) is 0 Å². The first-order valence-corrected chi connectivity index (χ1v) is 8.46. The summed E-state index contributed by atoms with van der Waals surface area (Å²) in [6.07, 6.45) is 10.1. The van der Waals surface area contributed by atoms with E-state index in [2.05, 4.69) is 39.3 Å². The average molecular weight is 314 g/mol. The fourth-order valence-corrected chi connectivity index (χ4v) is 3.08. The van der Waals surface area contributed by atoms with Gasteiger partial charge >= 0.3 is 0 Å². The molecule has 0 unspecified atom stereocenters. The number of hydrogen-bond donors (Lipinski definition) is 0. The molecule has 0 spiro atoms. The van der Waals surface area contributed by atoms with E-state index in [1.165, 1.54) is 5.69 Å². The van der Waals surface area contributed by atoms with Gasteiger partial charge in [-0.15, -0.1) is 0 Å². The lowest BCUT2D eigenvalue weighted by molar-refractivity contribution is -0.00444. The Morgan fingerprint density at radius 3 is 2.74 bits per heavy atom. The molecule has 124 valence electrons. The molecule has 23 heavy (non-hydrogen) atoms. The third-order valence-electron chi connectivity index (χ3n) is 4.43. The van der Waals surface area contributed by atoms with E-state index in [9.17, 15) is 0 Å². The highest BCUT2D eigenvalue weighted by molar-refractivity contribution is 5.06. The number of pyridine rings is 1. The molecule has 5 nitrogen and oxygen atoms in total. The minimum atomic E-state index is 0.362. The molecule has 0 saturated carbocycles. The van der Waals surface area contributed by atoms with Crippen LogP contribution in [0.2, 0.25) is 0 Å². The van der Waals surface area contributed by atoms with Crippen LogP contribution in [0.4, 0.5) is 0 Å². The van der Waals surface area contributed by atoms with Crippen LogP contribution >= 0.6 is 0 Å². The Bertz CT molecular complexity index is 588. The lowest BCUT2D eigenvalue weighted by Gasteiger charge is -2.32. The van der Waals surface area contributed by atoms with Gasteiger partial charge in [0.05, 0.1) is 24.7 Å². The minimum absolute atomic E-state index is 0.362. The Kier molecular flexibility index (Phi) is 5.41. The quantitative estimate of drug-likeness (QED) is 0.822. The van der Waals surface area contributed by atoms with Gasteiger partial charge < -0.3 is 9.30 Å². The van der Waals surface area contributed by atoms with Crippen molar-refractivity contribution in [1.29, 1.82) is 0 Å². The number of nitrogens with zero attached hydrogens (tertiary/aromatic N) is 4. The first-order chi connectivity index (χ1) is 11.2. The molecule has 3 heterocycles. The molecule has 0 radical (unpaired) electrons. The fourth-order valence-electron chi connectivity index (χ4n) is 3.08. The minimum Gasteiger partial charge on any atom is -0.373 e. The van der Waals surface area contributed by atoms with Gasteiger partial charge in [-0.1, -0.05) is 6.07 Å². The number of likely N-dealkylation sites (tertiary alicyclic amines) is 1. The van der Waals surface area contributed by atoms with E-state index in [-0.39, 0.29) is 0 Å². The van der Waals surface area contributed by atoms with E-state index in [0.29, 0.717) is 18.8 Å². The van der Waals surface area contributed by atoms with Crippen LogP contribution in [-0.2, 0) is 17.9 Å². The monoisotopic (exact) mass is 314 g/mol. The van der Waals surface area contributed by atoms with Crippen molar-refractivity contribution in [2.75, 3.05) is 13.1 Å². The highest BCUT2D eigenvalue weighted by Crippen LogP contribution is 2.18. The van der Waals surface area contributed by atoms with Gasteiger partial charge in [0, 0.05) is 44.3 Å². The zero-order valence-corrected chi connectivity index (χ0v) is 14.1. The smallest absolute Gasteiger partial charge is 0.0951 e. The summed E-state index contributed by atoms with van der Waals surface area (Å²) in [5.41, 5.74) is 2.45. The summed E-state index contributed by atoms with van der Waals surface area (Å²) in [5.74, 6) is 0. The molecule has 0 aromatic carbocycles. The fraction of sp³-hybridized carbons (Fsp3) is 0.556. The summed E-state index contributed by atoms with van der Waals surface area (Å²) in [7, 11) is 0. The Morgan fingerprint density at radius 1 is 1.22 bits per heavy atom. The van der Waals surface area contributed by atoms with E-state index in [1.54, 1.807) is 6.20 Å². The topological polar surface area (TPSA) is 43.2 Å². The molecule has 0 N–H and O–H groups in total. The average Bonchev–Trinajstić information content (AvgIpc) is 3.04. The molecule has 3 rings (SSSR count). The van der Waals surface area contributed by atoms with Gasteiger partial charge in [0.2, 0.25) is 0 Å². The van der Waals surface area contributed by atoms with Crippen LogP contribution in [0, 0.1) is 0 Å². The number of hydrogen-bond acceptors (Lipinski definition) is 4. The maximum absolute atomic E-state index is 6.03. The normalized spacial score (nSPS) is 17.0. The van der Waals surface area contributed by atoms with Crippen molar-refractivity contribution in [3.8, 4) is 0 Å². The maximum atomic E-state index is 6.03. The van der Waals surface area contributed by atoms with Crippen LogP contribution in [0.5, 0.6) is 0 Å². The van der Waals surface area contributed by atoms with Crippen LogP contribution < -0.4 is 0 Å². The molecule has 1 aliphatic heterocycles. The second-order valence-corrected chi connectivity index (χ2v) is 6.53. The molecule has 2 aromatic heterocycles. The van der Waals surface area contributed by atoms with Gasteiger partial charge in [-0.25, -0.2) is 4.98 Å². The van der Waals surface area contributed by atoms with Crippen LogP contribution in [0.3, 0.4) is 0 Å². The van der Waals surface area contributed by atoms with Crippen LogP contribution in [0.15, 0.2) is 37.1 Å². The predicted molar refractivity (Wildman–Crippen MR) is 89.9 cm³/mol. The summed E-state index contributed by atoms with van der Waals surface area (Å²) in [6, 6.07) is 4.49. The first kappa shape index (κ1) is 16.1. The molecule has 5 heteroatoms. The molecule has 1 saturated heterocycles. The van der Waals surface area contributed by atoms with E-state index >= 15 is 0 Å². The largest absolute Gasteiger partial charge is 0.373 e. The number of rotatable bonds is 6. The zero-order chi connectivity index (χ0) is 16.1. The van der Waals surface area contributed by atoms with Gasteiger partial charge in [0.1, 0.15) is 0 Å². The summed E-state index contributed by atoms with van der Waals surface area (Å²) in [4.78, 5) is 10.9. The molecule has 2 aromatic rings. The summed E-state index contributed by atoms with van der Waals surface area (Å²) < 4.78 is 8.29.